The van der Waals surface area contributed by atoms with Crippen molar-refractivity contribution >= 4 is 56.0 Å². The lowest BCUT2D eigenvalue weighted by molar-refractivity contribution is 0.669. The molecule has 0 radical (unpaired) electrons. The van der Waals surface area contributed by atoms with Crippen molar-refractivity contribution in [1.82, 2.24) is 4.57 Å². The summed E-state index contributed by atoms with van der Waals surface area (Å²) in [5.74, 6) is 0. The summed E-state index contributed by atoms with van der Waals surface area (Å²) in [6, 6.07) is 87.0. The van der Waals surface area contributed by atoms with E-state index in [1.54, 1.807) is 0 Å². The van der Waals surface area contributed by atoms with Crippen LogP contribution in [0.15, 0.2) is 266 Å². The fourth-order valence-electron chi connectivity index (χ4n) is 10.2. The lowest BCUT2D eigenvalue weighted by Gasteiger charge is -2.26. The van der Waals surface area contributed by atoms with E-state index in [0.717, 1.165) is 89.2 Å². The molecule has 0 saturated carbocycles. The Labute approximate surface area is 408 Å². The maximum atomic E-state index is 6.69. The van der Waals surface area contributed by atoms with Gasteiger partial charge in [0.15, 0.2) is 0 Å². The number of benzene rings is 10. The minimum Gasteiger partial charge on any atom is -0.456 e. The molecule has 0 aliphatic carbocycles. The van der Waals surface area contributed by atoms with Gasteiger partial charge in [0.2, 0.25) is 0 Å². The highest BCUT2D eigenvalue weighted by Crippen LogP contribution is 2.42. The van der Waals surface area contributed by atoms with Gasteiger partial charge >= 0.3 is 0 Å². The van der Waals surface area contributed by atoms with Gasteiger partial charge < -0.3 is 13.9 Å². The van der Waals surface area contributed by atoms with Crippen LogP contribution in [0.4, 0.5) is 17.1 Å². The van der Waals surface area contributed by atoms with E-state index in [9.17, 15) is 0 Å². The molecular weight excluding hydrogens is 849 g/mol. The number of para-hydroxylation sites is 2. The Kier molecular flexibility index (Phi) is 10.9. The summed E-state index contributed by atoms with van der Waals surface area (Å²) in [5, 5.41) is 3.42. The van der Waals surface area contributed by atoms with Crippen molar-refractivity contribution in [3.8, 4) is 61.3 Å². The Morgan fingerprint density at radius 2 is 0.929 bits per heavy atom. The molecule has 0 N–H and O–H groups in total. The lowest BCUT2D eigenvalue weighted by Crippen LogP contribution is -2.09. The molecule has 10 aromatic carbocycles. The minimum atomic E-state index is 0.865. The highest BCUT2D eigenvalue weighted by molar-refractivity contribution is 6.13. The van der Waals surface area contributed by atoms with Gasteiger partial charge in [0.1, 0.15) is 11.2 Å². The monoisotopic (exact) mass is 896 g/mol. The van der Waals surface area contributed by atoms with Gasteiger partial charge in [-0.05, 0) is 147 Å². The zero-order chi connectivity index (χ0) is 47.0. The third-order valence-electron chi connectivity index (χ3n) is 13.6. The van der Waals surface area contributed by atoms with Crippen LogP contribution in [0.3, 0.4) is 0 Å². The van der Waals surface area contributed by atoms with Crippen molar-refractivity contribution in [2.45, 2.75) is 6.92 Å². The van der Waals surface area contributed by atoms with Gasteiger partial charge in [-0.1, -0.05) is 183 Å². The van der Waals surface area contributed by atoms with Crippen LogP contribution in [0, 0.1) is 6.92 Å². The molecule has 0 fully saturated rings. The van der Waals surface area contributed by atoms with Gasteiger partial charge in [-0.3, -0.25) is 0 Å². The lowest BCUT2D eigenvalue weighted by atomic mass is 9.94. The number of anilines is 3. The fourth-order valence-corrected chi connectivity index (χ4v) is 10.2. The highest BCUT2D eigenvalue weighted by Gasteiger charge is 2.18. The first-order valence-corrected chi connectivity index (χ1v) is 23.9. The SMILES string of the molecule is C=C/C=C\c1c(C)n(-c2ccccc2)c2cc(-c3cccc(-c4ccc5c(c4)oc4cccc(-c6cccc(-c7cccc(N(c8ccccc8)c8ccc(-c9ccccc9)cc8)c7)c6)c45)c3)ccc12. The molecule has 0 atom stereocenters. The Hall–Kier alpha value is -9.18. The van der Waals surface area contributed by atoms with Gasteiger partial charge in [-0.25, -0.2) is 0 Å². The number of nitrogens with zero attached hydrogens (tertiary/aromatic N) is 2. The third-order valence-corrected chi connectivity index (χ3v) is 13.6. The number of allylic oxidation sites excluding steroid dienone is 2. The van der Waals surface area contributed by atoms with Crippen molar-refractivity contribution in [2.75, 3.05) is 4.90 Å². The predicted molar refractivity (Wildman–Crippen MR) is 296 cm³/mol. The van der Waals surface area contributed by atoms with Crippen molar-refractivity contribution in [2.24, 2.45) is 0 Å². The van der Waals surface area contributed by atoms with Crippen LogP contribution in [-0.2, 0) is 0 Å². The van der Waals surface area contributed by atoms with Crippen LogP contribution in [0.25, 0.3) is 100 Å². The topological polar surface area (TPSA) is 21.3 Å². The van der Waals surface area contributed by atoms with Gasteiger partial charge in [-0.2, -0.15) is 0 Å². The third kappa shape index (κ3) is 7.80. The summed E-state index contributed by atoms with van der Waals surface area (Å²) in [6.07, 6.45) is 6.01. The molecule has 332 valence electrons. The van der Waals surface area contributed by atoms with Gasteiger partial charge in [0.05, 0.1) is 5.52 Å². The molecule has 0 aliphatic rings. The van der Waals surface area contributed by atoms with E-state index in [0.29, 0.717) is 0 Å². The van der Waals surface area contributed by atoms with E-state index in [1.165, 1.54) is 33.3 Å². The van der Waals surface area contributed by atoms with E-state index in [1.807, 2.05) is 12.2 Å². The molecule has 70 heavy (non-hydrogen) atoms. The molecule has 0 spiro atoms. The number of furan rings is 1. The summed E-state index contributed by atoms with van der Waals surface area (Å²) in [6.45, 7) is 6.11. The molecule has 2 aromatic heterocycles. The molecule has 3 heteroatoms. The highest BCUT2D eigenvalue weighted by atomic mass is 16.3. The van der Waals surface area contributed by atoms with Crippen molar-refractivity contribution in [1.29, 1.82) is 0 Å². The first-order chi connectivity index (χ1) is 34.6. The number of aromatic nitrogens is 1. The zero-order valence-electron chi connectivity index (χ0n) is 38.8. The van der Waals surface area contributed by atoms with Gasteiger partial charge in [0.25, 0.3) is 0 Å². The minimum absolute atomic E-state index is 0.865. The summed E-state index contributed by atoms with van der Waals surface area (Å²) < 4.78 is 9.05. The molecule has 12 aromatic rings. The smallest absolute Gasteiger partial charge is 0.136 e. The molecular formula is C67H48N2O. The second-order valence-corrected chi connectivity index (χ2v) is 17.8. The molecule has 2 heterocycles. The second-order valence-electron chi connectivity index (χ2n) is 17.8. The van der Waals surface area contributed by atoms with Crippen molar-refractivity contribution in [3.05, 3.63) is 273 Å². The molecule has 3 nitrogen and oxygen atoms in total. The largest absolute Gasteiger partial charge is 0.456 e. The number of rotatable bonds is 11. The Balaban J connectivity index is 0.872. The number of hydrogen-bond acceptors (Lipinski definition) is 2. The van der Waals surface area contributed by atoms with Crippen molar-refractivity contribution in [3.63, 3.8) is 0 Å². The van der Waals surface area contributed by atoms with Gasteiger partial charge in [-0.15, -0.1) is 0 Å². The predicted octanol–water partition coefficient (Wildman–Crippen LogP) is 18.8. The van der Waals surface area contributed by atoms with Gasteiger partial charge in [0, 0.05) is 50.2 Å². The Bertz CT molecular complexity index is 3900. The summed E-state index contributed by atoms with van der Waals surface area (Å²) in [4.78, 5) is 2.33. The van der Waals surface area contributed by atoms with Crippen LogP contribution in [0.5, 0.6) is 0 Å². The summed E-state index contributed by atoms with van der Waals surface area (Å²) in [7, 11) is 0. The number of fused-ring (bicyclic) bond motifs is 4. The normalized spacial score (nSPS) is 11.5. The maximum absolute atomic E-state index is 6.69. The van der Waals surface area contributed by atoms with E-state index < -0.39 is 0 Å². The molecule has 0 unspecified atom stereocenters. The molecule has 0 amide bonds. The zero-order valence-corrected chi connectivity index (χ0v) is 38.8. The molecule has 12 rings (SSSR count). The molecule has 0 bridgehead atoms. The summed E-state index contributed by atoms with van der Waals surface area (Å²) >= 11 is 0. The quantitative estimate of drug-likeness (QED) is 0.121. The summed E-state index contributed by atoms with van der Waals surface area (Å²) in [5.41, 5.74) is 21.2. The molecule has 0 saturated heterocycles. The van der Waals surface area contributed by atoms with E-state index in [2.05, 4.69) is 272 Å². The maximum Gasteiger partial charge on any atom is 0.136 e. The van der Waals surface area contributed by atoms with Crippen LogP contribution in [-0.4, -0.2) is 4.57 Å². The van der Waals surface area contributed by atoms with Crippen LogP contribution >= 0.6 is 0 Å². The van der Waals surface area contributed by atoms with E-state index in [-0.39, 0.29) is 0 Å². The van der Waals surface area contributed by atoms with Crippen LogP contribution < -0.4 is 4.90 Å². The van der Waals surface area contributed by atoms with E-state index >= 15 is 0 Å². The van der Waals surface area contributed by atoms with E-state index in [4.69, 9.17) is 4.42 Å². The fraction of sp³-hybridized carbons (Fsp3) is 0.0149. The number of hydrogen-bond donors (Lipinski definition) is 0. The average molecular weight is 897 g/mol. The second kappa shape index (κ2) is 18.1. The average Bonchev–Trinajstić information content (AvgIpc) is 3.94. The molecule has 0 aliphatic heterocycles. The first kappa shape index (κ1) is 42.2. The Morgan fingerprint density at radius 3 is 1.64 bits per heavy atom. The Morgan fingerprint density at radius 1 is 0.414 bits per heavy atom. The van der Waals surface area contributed by atoms with Crippen LogP contribution in [0.2, 0.25) is 0 Å². The standard InChI is InChI=1S/C67H48N2O/c1-3-4-30-60-46(2)68(56-25-10-6-11-26-56)64-44-53(35-39-62(60)64)49-20-14-21-50(41-49)54-36-40-63-66(45-54)70-65-32-17-31-61(67(63)65)55-24-15-22-51(42-55)52-23-16-29-59(43-52)69(57-27-12-7-13-28-57)58-37-33-48(34-38-58)47-18-8-5-9-19-47/h3-45H,1H2,2H3/b30-4-. The van der Waals surface area contributed by atoms with Crippen molar-refractivity contribution < 1.29 is 4.42 Å². The van der Waals surface area contributed by atoms with Crippen LogP contribution in [0.1, 0.15) is 11.3 Å². The first-order valence-electron chi connectivity index (χ1n) is 23.9.